The normalized spacial score (nSPS) is 12.4. The molecular weight excluding hydrogens is 268 g/mol. The van der Waals surface area contributed by atoms with Gasteiger partial charge in [-0.1, -0.05) is 43.8 Å². The number of hydrogen-bond donors (Lipinski definition) is 0. The summed E-state index contributed by atoms with van der Waals surface area (Å²) in [6.45, 7) is 10.6. The van der Waals surface area contributed by atoms with Gasteiger partial charge in [0.1, 0.15) is 0 Å². The van der Waals surface area contributed by atoms with Crippen LogP contribution < -0.4 is 0 Å². The molecule has 0 saturated heterocycles. The van der Waals surface area contributed by atoms with E-state index in [1.54, 1.807) is 45.0 Å². The van der Waals surface area contributed by atoms with Crippen LogP contribution in [-0.4, -0.2) is 11.9 Å². The Kier molecular flexibility index (Phi) is 5.70. The van der Waals surface area contributed by atoms with E-state index in [0.717, 1.165) is 0 Å². The van der Waals surface area contributed by atoms with Crippen molar-refractivity contribution in [1.29, 1.82) is 0 Å². The Balaban J connectivity index is 2.95. The van der Waals surface area contributed by atoms with E-state index in [9.17, 15) is 9.59 Å². The van der Waals surface area contributed by atoms with E-state index in [1.807, 2.05) is 13.0 Å². The summed E-state index contributed by atoms with van der Waals surface area (Å²) in [4.78, 5) is 23.9. The van der Waals surface area contributed by atoms with Crippen LogP contribution >= 0.6 is 0 Å². The summed E-state index contributed by atoms with van der Waals surface area (Å²) in [6.07, 6.45) is -0.435. The van der Waals surface area contributed by atoms with Gasteiger partial charge < -0.3 is 9.47 Å². The SMILES string of the molecule is C=C(C)C(=O)OC(OC(=O)C(C)(C)CC)c1ccccc1. The molecular formula is C17H22O4. The van der Waals surface area contributed by atoms with E-state index in [1.165, 1.54) is 0 Å². The zero-order chi connectivity index (χ0) is 16.0. The molecule has 0 saturated carbocycles. The van der Waals surface area contributed by atoms with E-state index < -0.39 is 23.6 Å². The fraction of sp³-hybridized carbons (Fsp3) is 0.412. The van der Waals surface area contributed by atoms with E-state index in [0.29, 0.717) is 12.0 Å². The van der Waals surface area contributed by atoms with E-state index in [2.05, 4.69) is 6.58 Å². The first kappa shape index (κ1) is 17.0. The largest absolute Gasteiger partial charge is 0.420 e. The first-order valence-corrected chi connectivity index (χ1v) is 6.90. The van der Waals surface area contributed by atoms with Crippen molar-refractivity contribution in [3.8, 4) is 0 Å². The minimum atomic E-state index is -1.06. The second kappa shape index (κ2) is 7.07. The fourth-order valence-electron chi connectivity index (χ4n) is 1.37. The molecule has 0 aliphatic rings. The van der Waals surface area contributed by atoms with Crippen molar-refractivity contribution in [1.82, 2.24) is 0 Å². The smallest absolute Gasteiger partial charge is 0.336 e. The maximum absolute atomic E-state index is 12.2. The molecule has 21 heavy (non-hydrogen) atoms. The number of rotatable bonds is 6. The molecule has 4 heteroatoms. The highest BCUT2D eigenvalue weighted by molar-refractivity contribution is 5.87. The fourth-order valence-corrected chi connectivity index (χ4v) is 1.37. The zero-order valence-corrected chi connectivity index (χ0v) is 13.0. The topological polar surface area (TPSA) is 52.6 Å². The molecule has 0 heterocycles. The van der Waals surface area contributed by atoms with E-state index >= 15 is 0 Å². The molecule has 0 aliphatic carbocycles. The van der Waals surface area contributed by atoms with Gasteiger partial charge in [0.05, 0.1) is 5.41 Å². The van der Waals surface area contributed by atoms with Crippen LogP contribution in [0.25, 0.3) is 0 Å². The first-order chi connectivity index (χ1) is 9.77. The highest BCUT2D eigenvalue weighted by atomic mass is 16.7. The zero-order valence-electron chi connectivity index (χ0n) is 13.0. The molecule has 1 unspecified atom stereocenters. The number of esters is 2. The van der Waals surface area contributed by atoms with Gasteiger partial charge in [-0.3, -0.25) is 4.79 Å². The average molecular weight is 290 g/mol. The summed E-state index contributed by atoms with van der Waals surface area (Å²) in [7, 11) is 0. The van der Waals surface area contributed by atoms with Crippen molar-refractivity contribution in [2.45, 2.75) is 40.4 Å². The van der Waals surface area contributed by atoms with Crippen LogP contribution in [0.5, 0.6) is 0 Å². The predicted molar refractivity (Wildman–Crippen MR) is 80.3 cm³/mol. The van der Waals surface area contributed by atoms with Crippen molar-refractivity contribution in [2.24, 2.45) is 5.41 Å². The molecule has 0 bridgehead atoms. The minimum absolute atomic E-state index is 0.252. The predicted octanol–water partition coefficient (Wildman–Crippen LogP) is 3.78. The van der Waals surface area contributed by atoms with Gasteiger partial charge in [-0.25, -0.2) is 4.79 Å². The summed E-state index contributed by atoms with van der Waals surface area (Å²) >= 11 is 0. The molecule has 0 radical (unpaired) electrons. The van der Waals surface area contributed by atoms with Crippen molar-refractivity contribution in [2.75, 3.05) is 0 Å². The van der Waals surface area contributed by atoms with Gasteiger partial charge in [0.25, 0.3) is 6.29 Å². The van der Waals surface area contributed by atoms with Crippen LogP contribution in [-0.2, 0) is 19.1 Å². The number of carbonyl (C=O) groups excluding carboxylic acids is 2. The molecule has 1 rings (SSSR count). The molecule has 0 amide bonds. The van der Waals surface area contributed by atoms with Gasteiger partial charge in [-0.15, -0.1) is 0 Å². The molecule has 0 spiro atoms. The van der Waals surface area contributed by atoms with E-state index in [-0.39, 0.29) is 5.57 Å². The second-order valence-electron chi connectivity index (χ2n) is 5.57. The van der Waals surface area contributed by atoms with Gasteiger partial charge in [-0.2, -0.15) is 0 Å². The lowest BCUT2D eigenvalue weighted by molar-refractivity contribution is -0.194. The highest BCUT2D eigenvalue weighted by Crippen LogP contribution is 2.27. The Labute approximate surface area is 125 Å². The lowest BCUT2D eigenvalue weighted by Crippen LogP contribution is -2.29. The second-order valence-corrected chi connectivity index (χ2v) is 5.57. The monoisotopic (exact) mass is 290 g/mol. The molecule has 114 valence electrons. The molecule has 1 aromatic rings. The van der Waals surface area contributed by atoms with E-state index in [4.69, 9.17) is 9.47 Å². The Morgan fingerprint density at radius 3 is 2.24 bits per heavy atom. The number of benzene rings is 1. The standard InChI is InChI=1S/C17H22O4/c1-6-17(4,5)16(19)21-15(20-14(18)12(2)3)13-10-8-7-9-11-13/h7-11,15H,2,6H2,1,3-5H3. The van der Waals surface area contributed by atoms with Crippen LogP contribution in [0, 0.1) is 5.41 Å². The summed E-state index contributed by atoms with van der Waals surface area (Å²) in [6, 6.07) is 8.88. The van der Waals surface area contributed by atoms with Gasteiger partial charge in [0, 0.05) is 11.1 Å². The maximum atomic E-state index is 12.2. The first-order valence-electron chi connectivity index (χ1n) is 6.90. The molecule has 0 N–H and O–H groups in total. The van der Waals surface area contributed by atoms with Crippen LogP contribution in [0.3, 0.4) is 0 Å². The average Bonchev–Trinajstić information content (AvgIpc) is 2.47. The lowest BCUT2D eigenvalue weighted by atomic mass is 9.91. The maximum Gasteiger partial charge on any atom is 0.336 e. The summed E-state index contributed by atoms with van der Waals surface area (Å²) in [5.41, 5.74) is 0.219. The number of carbonyl (C=O) groups is 2. The van der Waals surface area contributed by atoms with Crippen LogP contribution in [0.1, 0.15) is 46.0 Å². The van der Waals surface area contributed by atoms with Crippen LogP contribution in [0.15, 0.2) is 42.5 Å². The minimum Gasteiger partial charge on any atom is -0.420 e. The van der Waals surface area contributed by atoms with Gasteiger partial charge >= 0.3 is 11.9 Å². The lowest BCUT2D eigenvalue weighted by Gasteiger charge is -2.25. The number of ether oxygens (including phenoxy) is 2. The van der Waals surface area contributed by atoms with Gasteiger partial charge in [0.15, 0.2) is 0 Å². The Morgan fingerprint density at radius 2 is 1.76 bits per heavy atom. The molecule has 0 fully saturated rings. The Hall–Kier alpha value is -2.10. The van der Waals surface area contributed by atoms with Crippen molar-refractivity contribution >= 4 is 11.9 Å². The third-order valence-corrected chi connectivity index (χ3v) is 3.28. The van der Waals surface area contributed by atoms with Crippen molar-refractivity contribution < 1.29 is 19.1 Å². The summed E-state index contributed by atoms with van der Waals surface area (Å²) < 4.78 is 10.6. The van der Waals surface area contributed by atoms with Crippen LogP contribution in [0.2, 0.25) is 0 Å². The van der Waals surface area contributed by atoms with Crippen molar-refractivity contribution in [3.05, 3.63) is 48.0 Å². The van der Waals surface area contributed by atoms with Gasteiger partial charge in [-0.05, 0) is 27.2 Å². The molecule has 1 atom stereocenters. The molecule has 4 nitrogen and oxygen atoms in total. The Morgan fingerprint density at radius 1 is 1.19 bits per heavy atom. The molecule has 0 aliphatic heterocycles. The molecule has 1 aromatic carbocycles. The quantitative estimate of drug-likeness (QED) is 0.454. The molecule has 0 aromatic heterocycles. The third kappa shape index (κ3) is 4.74. The van der Waals surface area contributed by atoms with Crippen molar-refractivity contribution in [3.63, 3.8) is 0 Å². The highest BCUT2D eigenvalue weighted by Gasteiger charge is 2.31. The third-order valence-electron chi connectivity index (χ3n) is 3.28. The summed E-state index contributed by atoms with van der Waals surface area (Å²) in [5, 5.41) is 0. The van der Waals surface area contributed by atoms with Gasteiger partial charge in [0.2, 0.25) is 0 Å². The summed E-state index contributed by atoms with van der Waals surface area (Å²) in [5.74, 6) is -1.00. The number of hydrogen-bond acceptors (Lipinski definition) is 4. The van der Waals surface area contributed by atoms with Crippen LogP contribution in [0.4, 0.5) is 0 Å². The Bertz CT molecular complexity index is 517.